The van der Waals surface area contributed by atoms with Crippen LogP contribution >= 0.6 is 0 Å². The van der Waals surface area contributed by atoms with Gasteiger partial charge in [0, 0.05) is 0 Å². The van der Waals surface area contributed by atoms with Gasteiger partial charge in [-0.25, -0.2) is 0 Å². The molecule has 0 aromatic carbocycles. The Hall–Kier alpha value is -0.570. The van der Waals surface area contributed by atoms with Gasteiger partial charge in [0.05, 0.1) is 11.3 Å². The number of nitrogens with zero attached hydrogens (tertiary/aromatic N) is 1. The molecule has 0 aromatic heterocycles. The van der Waals surface area contributed by atoms with Crippen molar-refractivity contribution < 1.29 is 5.21 Å². The summed E-state index contributed by atoms with van der Waals surface area (Å²) in [5.41, 5.74) is 6.14. The van der Waals surface area contributed by atoms with Crippen molar-refractivity contribution in [2.45, 2.75) is 31.7 Å². The van der Waals surface area contributed by atoms with Gasteiger partial charge in [-0.2, -0.15) is 0 Å². The molecule has 1 atom stereocenters. The maximum Gasteiger partial charge on any atom is 0.0766 e. The van der Waals surface area contributed by atoms with Crippen LogP contribution in [-0.2, 0) is 0 Å². The van der Waals surface area contributed by atoms with E-state index in [9.17, 15) is 0 Å². The van der Waals surface area contributed by atoms with Crippen LogP contribution in [0.15, 0.2) is 5.16 Å². The molecule has 1 fully saturated rings. The Labute approximate surface area is 54.5 Å². The maximum atomic E-state index is 8.41. The summed E-state index contributed by atoms with van der Waals surface area (Å²) in [5.74, 6) is 0. The van der Waals surface area contributed by atoms with Crippen LogP contribution in [0.2, 0.25) is 0 Å². The first-order valence-electron chi connectivity index (χ1n) is 3.17. The second-order valence-corrected chi connectivity index (χ2v) is 2.82. The molecular weight excluding hydrogens is 116 g/mol. The molecule has 1 unspecified atom stereocenters. The van der Waals surface area contributed by atoms with Crippen LogP contribution in [0.1, 0.15) is 26.2 Å². The Kier molecular flexibility index (Phi) is 1.45. The molecule has 1 rings (SSSR count). The second kappa shape index (κ2) is 1.99. The van der Waals surface area contributed by atoms with Gasteiger partial charge >= 0.3 is 0 Å². The first-order chi connectivity index (χ1) is 4.17. The lowest BCUT2D eigenvalue weighted by atomic mass is 10.0. The molecule has 1 aliphatic rings. The van der Waals surface area contributed by atoms with Crippen molar-refractivity contribution in [2.24, 2.45) is 10.9 Å². The minimum Gasteiger partial charge on any atom is -0.411 e. The van der Waals surface area contributed by atoms with Crippen molar-refractivity contribution in [1.82, 2.24) is 0 Å². The average Bonchev–Trinajstić information content (AvgIpc) is 2.08. The smallest absolute Gasteiger partial charge is 0.0766 e. The fraction of sp³-hybridized carbons (Fsp3) is 0.833. The van der Waals surface area contributed by atoms with Gasteiger partial charge < -0.3 is 10.9 Å². The highest BCUT2D eigenvalue weighted by molar-refractivity contribution is 5.94. The molecule has 0 spiro atoms. The van der Waals surface area contributed by atoms with Gasteiger partial charge in [0.15, 0.2) is 0 Å². The van der Waals surface area contributed by atoms with Crippen molar-refractivity contribution in [3.8, 4) is 0 Å². The van der Waals surface area contributed by atoms with E-state index < -0.39 is 0 Å². The first-order valence-corrected chi connectivity index (χ1v) is 3.17. The molecule has 0 aliphatic heterocycles. The lowest BCUT2D eigenvalue weighted by Gasteiger charge is -2.15. The zero-order valence-electron chi connectivity index (χ0n) is 5.59. The Bertz CT molecular complexity index is 140. The summed E-state index contributed by atoms with van der Waals surface area (Å²) in [4.78, 5) is 0. The Morgan fingerprint density at radius 3 is 2.67 bits per heavy atom. The Balaban J connectivity index is 2.75. The van der Waals surface area contributed by atoms with Crippen molar-refractivity contribution in [2.75, 3.05) is 0 Å². The van der Waals surface area contributed by atoms with E-state index in [1.54, 1.807) is 0 Å². The van der Waals surface area contributed by atoms with Gasteiger partial charge in [0.25, 0.3) is 0 Å². The SMILES string of the molecule is CC1(N)CCC/C1=N/O. The minimum atomic E-state index is -0.339. The molecule has 0 amide bonds. The first kappa shape index (κ1) is 6.55. The van der Waals surface area contributed by atoms with Crippen LogP contribution in [0.4, 0.5) is 0 Å². The summed E-state index contributed by atoms with van der Waals surface area (Å²) in [5, 5.41) is 11.5. The zero-order valence-corrected chi connectivity index (χ0v) is 5.59. The second-order valence-electron chi connectivity index (χ2n) is 2.82. The zero-order chi connectivity index (χ0) is 6.91. The van der Waals surface area contributed by atoms with Crippen molar-refractivity contribution in [3.05, 3.63) is 0 Å². The van der Waals surface area contributed by atoms with Gasteiger partial charge in [-0.05, 0) is 26.2 Å². The topological polar surface area (TPSA) is 58.6 Å². The highest BCUT2D eigenvalue weighted by Gasteiger charge is 2.31. The molecule has 0 saturated heterocycles. The van der Waals surface area contributed by atoms with Gasteiger partial charge in [-0.15, -0.1) is 0 Å². The summed E-state index contributed by atoms with van der Waals surface area (Å²) in [7, 11) is 0. The molecule has 0 heterocycles. The van der Waals surface area contributed by atoms with Gasteiger partial charge in [-0.1, -0.05) is 5.16 Å². The molecule has 3 nitrogen and oxygen atoms in total. The quantitative estimate of drug-likeness (QED) is 0.373. The van der Waals surface area contributed by atoms with Crippen LogP contribution in [0.3, 0.4) is 0 Å². The lowest BCUT2D eigenvalue weighted by Crippen LogP contribution is -2.40. The predicted molar refractivity (Wildman–Crippen MR) is 35.7 cm³/mol. The molecule has 3 heteroatoms. The monoisotopic (exact) mass is 128 g/mol. The molecular formula is C6H12N2O. The van der Waals surface area contributed by atoms with E-state index in [0.717, 1.165) is 25.0 Å². The summed E-state index contributed by atoms with van der Waals surface area (Å²) in [6.45, 7) is 1.90. The minimum absolute atomic E-state index is 0.339. The fourth-order valence-electron chi connectivity index (χ4n) is 1.22. The van der Waals surface area contributed by atoms with E-state index in [0.29, 0.717) is 0 Å². The number of rotatable bonds is 0. The predicted octanol–water partition coefficient (Wildman–Crippen LogP) is 0.718. The highest BCUT2D eigenvalue weighted by Crippen LogP contribution is 2.23. The molecule has 0 aromatic rings. The van der Waals surface area contributed by atoms with E-state index in [2.05, 4.69) is 5.16 Å². The van der Waals surface area contributed by atoms with Gasteiger partial charge in [0.1, 0.15) is 0 Å². The van der Waals surface area contributed by atoms with E-state index in [1.165, 1.54) is 0 Å². The number of oxime groups is 1. The standard InChI is InChI=1S/C6H12N2O/c1-6(7)4-2-3-5(6)8-9/h9H,2-4,7H2,1H3/b8-5-. The van der Waals surface area contributed by atoms with E-state index in [4.69, 9.17) is 10.9 Å². The van der Waals surface area contributed by atoms with Crippen molar-refractivity contribution >= 4 is 5.71 Å². The van der Waals surface area contributed by atoms with Gasteiger partial charge in [0.2, 0.25) is 0 Å². The Morgan fingerprint density at radius 2 is 2.44 bits per heavy atom. The van der Waals surface area contributed by atoms with Crippen molar-refractivity contribution in [3.63, 3.8) is 0 Å². The highest BCUT2D eigenvalue weighted by atomic mass is 16.4. The van der Waals surface area contributed by atoms with E-state index in [-0.39, 0.29) is 5.54 Å². The molecule has 0 radical (unpaired) electrons. The maximum absolute atomic E-state index is 8.41. The molecule has 1 saturated carbocycles. The van der Waals surface area contributed by atoms with Crippen LogP contribution in [-0.4, -0.2) is 16.5 Å². The summed E-state index contributed by atoms with van der Waals surface area (Å²) in [6, 6.07) is 0. The lowest BCUT2D eigenvalue weighted by molar-refractivity contribution is 0.314. The molecule has 52 valence electrons. The summed E-state index contributed by atoms with van der Waals surface area (Å²) < 4.78 is 0. The number of hydrogen-bond acceptors (Lipinski definition) is 3. The largest absolute Gasteiger partial charge is 0.411 e. The third-order valence-electron chi connectivity index (χ3n) is 1.89. The summed E-state index contributed by atoms with van der Waals surface area (Å²) in [6.07, 6.45) is 2.84. The average molecular weight is 128 g/mol. The van der Waals surface area contributed by atoms with E-state index in [1.807, 2.05) is 6.92 Å². The van der Waals surface area contributed by atoms with Crippen LogP contribution in [0.25, 0.3) is 0 Å². The van der Waals surface area contributed by atoms with Crippen LogP contribution in [0.5, 0.6) is 0 Å². The molecule has 3 N–H and O–H groups in total. The van der Waals surface area contributed by atoms with E-state index >= 15 is 0 Å². The van der Waals surface area contributed by atoms with Gasteiger partial charge in [-0.3, -0.25) is 0 Å². The molecule has 0 bridgehead atoms. The fourth-order valence-corrected chi connectivity index (χ4v) is 1.22. The molecule has 9 heavy (non-hydrogen) atoms. The number of hydrogen-bond donors (Lipinski definition) is 2. The van der Waals surface area contributed by atoms with Crippen LogP contribution < -0.4 is 5.73 Å². The van der Waals surface area contributed by atoms with Crippen molar-refractivity contribution in [1.29, 1.82) is 0 Å². The third-order valence-corrected chi connectivity index (χ3v) is 1.89. The number of nitrogens with two attached hydrogens (primary N) is 1. The Morgan fingerprint density at radius 1 is 1.78 bits per heavy atom. The molecule has 1 aliphatic carbocycles. The summed E-state index contributed by atoms with van der Waals surface area (Å²) >= 11 is 0. The van der Waals surface area contributed by atoms with Crippen LogP contribution in [0, 0.1) is 0 Å². The normalized spacial score (nSPS) is 40.0. The third kappa shape index (κ3) is 1.05.